The number of hydrogen-bond acceptors (Lipinski definition) is 1. The number of alkyl halides is 1. The molecule has 0 aliphatic heterocycles. The molecule has 1 atom stereocenters. The van der Waals surface area contributed by atoms with Crippen molar-refractivity contribution in [3.05, 3.63) is 35.4 Å². The van der Waals surface area contributed by atoms with Gasteiger partial charge in [0.15, 0.2) is 0 Å². The number of methoxy groups -OCH3 is 1. The van der Waals surface area contributed by atoms with Crippen LogP contribution in [0.3, 0.4) is 0 Å². The second kappa shape index (κ2) is 7.16. The molecular formula is C16H25ClO. The van der Waals surface area contributed by atoms with Gasteiger partial charge in [0.25, 0.3) is 0 Å². The van der Waals surface area contributed by atoms with Gasteiger partial charge in [-0.3, -0.25) is 0 Å². The summed E-state index contributed by atoms with van der Waals surface area (Å²) in [6, 6.07) is 8.69. The summed E-state index contributed by atoms with van der Waals surface area (Å²) in [5.41, 5.74) is 2.66. The molecule has 0 radical (unpaired) electrons. The summed E-state index contributed by atoms with van der Waals surface area (Å²) in [6.45, 7) is 6.39. The predicted octanol–water partition coefficient (Wildman–Crippen LogP) is 4.60. The minimum absolute atomic E-state index is 0.0447. The van der Waals surface area contributed by atoms with Gasteiger partial charge < -0.3 is 4.74 Å². The van der Waals surface area contributed by atoms with Crippen LogP contribution in [-0.4, -0.2) is 18.6 Å². The molecule has 18 heavy (non-hydrogen) atoms. The van der Waals surface area contributed by atoms with Gasteiger partial charge in [-0.2, -0.15) is 0 Å². The normalized spacial score (nSPS) is 13.6. The third kappa shape index (κ3) is 5.41. The van der Waals surface area contributed by atoms with E-state index in [-0.39, 0.29) is 5.60 Å². The Morgan fingerprint density at radius 1 is 1.33 bits per heavy atom. The first-order chi connectivity index (χ1) is 8.46. The van der Waals surface area contributed by atoms with Crippen molar-refractivity contribution in [3.8, 4) is 0 Å². The number of halogens is 1. The van der Waals surface area contributed by atoms with Gasteiger partial charge in [0.2, 0.25) is 0 Å². The van der Waals surface area contributed by atoms with E-state index in [2.05, 4.69) is 45.0 Å². The summed E-state index contributed by atoms with van der Waals surface area (Å²) in [7, 11) is 1.77. The first-order valence-electron chi connectivity index (χ1n) is 6.63. The van der Waals surface area contributed by atoms with E-state index < -0.39 is 0 Å². The molecule has 0 aromatic heterocycles. The fraction of sp³-hybridized carbons (Fsp3) is 0.625. The Morgan fingerprint density at radius 2 is 2.06 bits per heavy atom. The molecule has 0 saturated carbocycles. The zero-order valence-electron chi connectivity index (χ0n) is 12.0. The van der Waals surface area contributed by atoms with Crippen LogP contribution in [0, 0.1) is 12.8 Å². The maximum Gasteiger partial charge on any atom is 0.0622 e. The minimum atomic E-state index is -0.0447. The number of rotatable bonds is 7. The molecule has 1 unspecified atom stereocenters. The second-order valence-corrected chi connectivity index (χ2v) is 6.02. The van der Waals surface area contributed by atoms with Crippen LogP contribution in [0.1, 0.15) is 37.8 Å². The van der Waals surface area contributed by atoms with Crippen molar-refractivity contribution in [1.82, 2.24) is 0 Å². The Hall–Kier alpha value is -0.530. The van der Waals surface area contributed by atoms with Gasteiger partial charge in [-0.15, -0.1) is 11.6 Å². The van der Waals surface area contributed by atoms with Crippen LogP contribution in [-0.2, 0) is 11.2 Å². The standard InChI is InChI=1S/C16H25ClO/c1-13-6-5-7-14(10-13)11-15(12-17)8-9-16(2,3)18-4/h5-7,10,15H,8-9,11-12H2,1-4H3. The molecule has 1 nitrogen and oxygen atoms in total. The average Bonchev–Trinajstić information content (AvgIpc) is 2.34. The van der Waals surface area contributed by atoms with Gasteiger partial charge in [-0.05, 0) is 51.5 Å². The van der Waals surface area contributed by atoms with Crippen molar-refractivity contribution in [3.63, 3.8) is 0 Å². The average molecular weight is 269 g/mol. The first kappa shape index (κ1) is 15.5. The minimum Gasteiger partial charge on any atom is -0.379 e. The van der Waals surface area contributed by atoms with E-state index in [1.807, 2.05) is 0 Å². The molecule has 0 saturated heterocycles. The lowest BCUT2D eigenvalue weighted by Gasteiger charge is -2.25. The zero-order chi connectivity index (χ0) is 13.6. The van der Waals surface area contributed by atoms with E-state index in [4.69, 9.17) is 16.3 Å². The van der Waals surface area contributed by atoms with Gasteiger partial charge >= 0.3 is 0 Å². The monoisotopic (exact) mass is 268 g/mol. The molecular weight excluding hydrogens is 244 g/mol. The Bertz CT molecular complexity index is 360. The lowest BCUT2D eigenvalue weighted by atomic mass is 9.91. The molecule has 102 valence electrons. The lowest BCUT2D eigenvalue weighted by molar-refractivity contribution is 0.0110. The Balaban J connectivity index is 2.52. The molecule has 0 heterocycles. The fourth-order valence-electron chi connectivity index (χ4n) is 2.06. The van der Waals surface area contributed by atoms with Crippen LogP contribution in [0.5, 0.6) is 0 Å². The third-order valence-corrected chi connectivity index (χ3v) is 3.97. The van der Waals surface area contributed by atoms with Crippen LogP contribution < -0.4 is 0 Å². The highest BCUT2D eigenvalue weighted by molar-refractivity contribution is 6.18. The largest absolute Gasteiger partial charge is 0.379 e. The van der Waals surface area contributed by atoms with Crippen molar-refractivity contribution in [2.24, 2.45) is 5.92 Å². The molecule has 0 aliphatic carbocycles. The van der Waals surface area contributed by atoms with Crippen molar-refractivity contribution in [1.29, 1.82) is 0 Å². The van der Waals surface area contributed by atoms with Gasteiger partial charge in [0, 0.05) is 13.0 Å². The van der Waals surface area contributed by atoms with Crippen molar-refractivity contribution in [2.75, 3.05) is 13.0 Å². The van der Waals surface area contributed by atoms with Crippen LogP contribution in [0.2, 0.25) is 0 Å². The van der Waals surface area contributed by atoms with Crippen LogP contribution in [0.25, 0.3) is 0 Å². The second-order valence-electron chi connectivity index (χ2n) is 5.72. The molecule has 0 N–H and O–H groups in total. The highest BCUT2D eigenvalue weighted by Gasteiger charge is 2.19. The number of aryl methyl sites for hydroxylation is 1. The Labute approximate surface area is 116 Å². The number of benzene rings is 1. The highest BCUT2D eigenvalue weighted by atomic mass is 35.5. The topological polar surface area (TPSA) is 9.23 Å². The first-order valence-corrected chi connectivity index (χ1v) is 7.17. The van der Waals surface area contributed by atoms with Gasteiger partial charge in [0.1, 0.15) is 0 Å². The van der Waals surface area contributed by atoms with Crippen molar-refractivity contribution in [2.45, 2.75) is 45.6 Å². The molecule has 0 bridgehead atoms. The van der Waals surface area contributed by atoms with E-state index in [0.717, 1.165) is 19.3 Å². The third-order valence-electron chi connectivity index (χ3n) is 3.53. The molecule has 1 aromatic rings. The fourth-order valence-corrected chi connectivity index (χ4v) is 2.32. The molecule has 0 aliphatic rings. The van der Waals surface area contributed by atoms with E-state index >= 15 is 0 Å². The van der Waals surface area contributed by atoms with Crippen molar-refractivity contribution < 1.29 is 4.74 Å². The number of hydrogen-bond donors (Lipinski definition) is 0. The van der Waals surface area contributed by atoms with E-state index in [1.165, 1.54) is 11.1 Å². The van der Waals surface area contributed by atoms with Crippen LogP contribution in [0.4, 0.5) is 0 Å². The maximum atomic E-state index is 6.09. The Morgan fingerprint density at radius 3 is 2.61 bits per heavy atom. The van der Waals surface area contributed by atoms with E-state index in [9.17, 15) is 0 Å². The van der Waals surface area contributed by atoms with Gasteiger partial charge in [0.05, 0.1) is 5.60 Å². The summed E-state index contributed by atoms with van der Waals surface area (Å²) in [5, 5.41) is 0. The number of ether oxygens (including phenoxy) is 1. The molecule has 2 heteroatoms. The van der Waals surface area contributed by atoms with Gasteiger partial charge in [-0.25, -0.2) is 0 Å². The molecule has 1 aromatic carbocycles. The predicted molar refractivity (Wildman–Crippen MR) is 79.4 cm³/mol. The molecule has 0 fully saturated rings. The van der Waals surface area contributed by atoms with Crippen molar-refractivity contribution >= 4 is 11.6 Å². The van der Waals surface area contributed by atoms with E-state index in [0.29, 0.717) is 11.8 Å². The van der Waals surface area contributed by atoms with E-state index in [1.54, 1.807) is 7.11 Å². The smallest absolute Gasteiger partial charge is 0.0622 e. The SMILES string of the molecule is COC(C)(C)CCC(CCl)Cc1cccc(C)c1. The summed E-state index contributed by atoms with van der Waals surface area (Å²) < 4.78 is 5.46. The van der Waals surface area contributed by atoms with Crippen LogP contribution in [0.15, 0.2) is 24.3 Å². The summed E-state index contributed by atoms with van der Waals surface area (Å²) in [4.78, 5) is 0. The lowest BCUT2D eigenvalue weighted by Crippen LogP contribution is -2.24. The molecule has 1 rings (SSSR count). The highest BCUT2D eigenvalue weighted by Crippen LogP contribution is 2.23. The summed E-state index contributed by atoms with van der Waals surface area (Å²) in [5.74, 6) is 1.25. The molecule has 0 amide bonds. The Kier molecular flexibility index (Phi) is 6.17. The summed E-state index contributed by atoms with van der Waals surface area (Å²) in [6.07, 6.45) is 3.22. The molecule has 0 spiro atoms. The maximum absolute atomic E-state index is 6.09. The summed E-state index contributed by atoms with van der Waals surface area (Å²) >= 11 is 6.09. The quantitative estimate of drug-likeness (QED) is 0.657. The van der Waals surface area contributed by atoms with Gasteiger partial charge in [-0.1, -0.05) is 29.8 Å². The van der Waals surface area contributed by atoms with Crippen LogP contribution >= 0.6 is 11.6 Å². The zero-order valence-corrected chi connectivity index (χ0v) is 12.8.